The topological polar surface area (TPSA) is 29.9 Å². The monoisotopic (exact) mass is 257 g/mol. The number of aryl methyl sites for hydroxylation is 2. The highest BCUT2D eigenvalue weighted by Gasteiger charge is 2.06. The van der Waals surface area contributed by atoms with Crippen molar-refractivity contribution in [2.24, 2.45) is 0 Å². The summed E-state index contributed by atoms with van der Waals surface area (Å²) in [6.45, 7) is 8.34. The summed E-state index contributed by atoms with van der Waals surface area (Å²) in [6, 6.07) is 11.1. The molecule has 0 aliphatic heterocycles. The van der Waals surface area contributed by atoms with E-state index in [0.29, 0.717) is 6.04 Å². The van der Waals surface area contributed by atoms with E-state index in [2.05, 4.69) is 66.2 Å². The summed E-state index contributed by atoms with van der Waals surface area (Å²) in [6.07, 6.45) is 2.99. The Morgan fingerprint density at radius 2 is 1.95 bits per heavy atom. The fourth-order valence-electron chi connectivity index (χ4n) is 2.15. The lowest BCUT2D eigenvalue weighted by atomic mass is 10.1. The first-order chi connectivity index (χ1) is 9.20. The Morgan fingerprint density at radius 1 is 1.21 bits per heavy atom. The molecule has 1 atom stereocenters. The highest BCUT2D eigenvalue weighted by molar-refractivity contribution is 5.23. The van der Waals surface area contributed by atoms with Gasteiger partial charge in [0, 0.05) is 25.3 Å². The molecule has 0 spiro atoms. The van der Waals surface area contributed by atoms with Crippen molar-refractivity contribution in [3.63, 3.8) is 0 Å². The highest BCUT2D eigenvalue weighted by atomic mass is 15.3. The summed E-state index contributed by atoms with van der Waals surface area (Å²) in [7, 11) is 0. The summed E-state index contributed by atoms with van der Waals surface area (Å²) >= 11 is 0. The van der Waals surface area contributed by atoms with Crippen molar-refractivity contribution in [1.29, 1.82) is 0 Å². The molecule has 1 heterocycles. The van der Waals surface area contributed by atoms with Gasteiger partial charge >= 0.3 is 0 Å². The molecule has 0 saturated carbocycles. The molecule has 0 fully saturated rings. The van der Waals surface area contributed by atoms with Crippen LogP contribution in [0.15, 0.2) is 36.5 Å². The Bertz CT molecular complexity index is 499. The molecule has 0 unspecified atom stereocenters. The third-order valence-corrected chi connectivity index (χ3v) is 3.41. The average Bonchev–Trinajstić information content (AvgIpc) is 2.85. The molecule has 2 rings (SSSR count). The maximum Gasteiger partial charge on any atom is 0.0522 e. The lowest BCUT2D eigenvalue weighted by molar-refractivity contribution is 0.517. The molecule has 0 amide bonds. The molecule has 102 valence electrons. The number of nitrogens with zero attached hydrogens (tertiary/aromatic N) is 2. The average molecular weight is 257 g/mol. The minimum absolute atomic E-state index is 0.352. The summed E-state index contributed by atoms with van der Waals surface area (Å²) in [5.41, 5.74) is 3.88. The Labute approximate surface area is 115 Å². The van der Waals surface area contributed by atoms with Gasteiger partial charge in [-0.1, -0.05) is 36.8 Å². The predicted molar refractivity (Wildman–Crippen MR) is 79.0 cm³/mol. The molecule has 1 N–H and O–H groups in total. The van der Waals surface area contributed by atoms with Crippen LogP contribution in [-0.2, 0) is 13.1 Å². The third kappa shape index (κ3) is 3.67. The van der Waals surface area contributed by atoms with E-state index in [4.69, 9.17) is 0 Å². The second-order valence-electron chi connectivity index (χ2n) is 5.06. The van der Waals surface area contributed by atoms with Gasteiger partial charge in [0.2, 0.25) is 0 Å². The van der Waals surface area contributed by atoms with Crippen molar-refractivity contribution in [3.8, 4) is 0 Å². The number of aromatic nitrogens is 2. The highest BCUT2D eigenvalue weighted by Crippen LogP contribution is 2.14. The molecule has 3 nitrogen and oxygen atoms in total. The van der Waals surface area contributed by atoms with E-state index in [-0.39, 0.29) is 0 Å². The van der Waals surface area contributed by atoms with Gasteiger partial charge in [-0.15, -0.1) is 0 Å². The molecule has 1 aromatic heterocycles. The second-order valence-corrected chi connectivity index (χ2v) is 5.06. The minimum atomic E-state index is 0.352. The molecular weight excluding hydrogens is 234 g/mol. The van der Waals surface area contributed by atoms with Gasteiger partial charge in [-0.05, 0) is 31.9 Å². The second kappa shape index (κ2) is 6.53. The van der Waals surface area contributed by atoms with Gasteiger partial charge in [0.15, 0.2) is 0 Å². The number of hydrogen-bond donors (Lipinski definition) is 1. The first-order valence-corrected chi connectivity index (χ1v) is 7.01. The molecule has 2 aromatic rings. The van der Waals surface area contributed by atoms with Gasteiger partial charge in [-0.3, -0.25) is 4.68 Å². The summed E-state index contributed by atoms with van der Waals surface area (Å²) < 4.78 is 2.08. The standard InChI is InChI=1S/C16H23N3/c1-4-11-19-16(9-10-18-19)12-17-14(3)15-7-5-13(2)6-8-15/h5-10,14,17H,4,11-12H2,1-3H3/t14-/m0/s1. The van der Waals surface area contributed by atoms with Crippen LogP contribution in [0.2, 0.25) is 0 Å². The van der Waals surface area contributed by atoms with Crippen LogP contribution >= 0.6 is 0 Å². The summed E-state index contributed by atoms with van der Waals surface area (Å²) in [5, 5.41) is 7.90. The number of benzene rings is 1. The van der Waals surface area contributed by atoms with Gasteiger partial charge in [0.1, 0.15) is 0 Å². The van der Waals surface area contributed by atoms with Crippen LogP contribution in [0.4, 0.5) is 0 Å². The SMILES string of the molecule is CCCn1nccc1CN[C@@H](C)c1ccc(C)cc1. The van der Waals surface area contributed by atoms with Crippen LogP contribution in [0.3, 0.4) is 0 Å². The normalized spacial score (nSPS) is 12.6. The van der Waals surface area contributed by atoms with Crippen LogP contribution in [0.1, 0.15) is 43.1 Å². The maximum absolute atomic E-state index is 4.34. The van der Waals surface area contributed by atoms with Gasteiger partial charge in [-0.25, -0.2) is 0 Å². The maximum atomic E-state index is 4.34. The smallest absolute Gasteiger partial charge is 0.0522 e. The fourth-order valence-corrected chi connectivity index (χ4v) is 2.15. The molecule has 0 saturated heterocycles. The van der Waals surface area contributed by atoms with E-state index in [9.17, 15) is 0 Å². The van der Waals surface area contributed by atoms with E-state index in [1.807, 2.05) is 6.20 Å². The summed E-state index contributed by atoms with van der Waals surface area (Å²) in [4.78, 5) is 0. The van der Waals surface area contributed by atoms with Crippen molar-refractivity contribution in [1.82, 2.24) is 15.1 Å². The van der Waals surface area contributed by atoms with Crippen LogP contribution in [-0.4, -0.2) is 9.78 Å². The zero-order chi connectivity index (χ0) is 13.7. The van der Waals surface area contributed by atoms with E-state index in [1.165, 1.54) is 16.8 Å². The van der Waals surface area contributed by atoms with Crippen molar-refractivity contribution < 1.29 is 0 Å². The van der Waals surface area contributed by atoms with E-state index in [0.717, 1.165) is 19.5 Å². The van der Waals surface area contributed by atoms with Crippen LogP contribution in [0.5, 0.6) is 0 Å². The summed E-state index contributed by atoms with van der Waals surface area (Å²) in [5.74, 6) is 0. The zero-order valence-electron chi connectivity index (χ0n) is 12.1. The minimum Gasteiger partial charge on any atom is -0.305 e. The largest absolute Gasteiger partial charge is 0.305 e. The molecule has 0 radical (unpaired) electrons. The molecule has 1 aromatic carbocycles. The fraction of sp³-hybridized carbons (Fsp3) is 0.438. The molecule has 0 aliphatic rings. The van der Waals surface area contributed by atoms with Crippen LogP contribution in [0.25, 0.3) is 0 Å². The molecule has 19 heavy (non-hydrogen) atoms. The third-order valence-electron chi connectivity index (χ3n) is 3.41. The lowest BCUT2D eigenvalue weighted by Gasteiger charge is -2.15. The van der Waals surface area contributed by atoms with Crippen molar-refractivity contribution >= 4 is 0 Å². The van der Waals surface area contributed by atoms with Crippen LogP contribution in [0, 0.1) is 6.92 Å². The van der Waals surface area contributed by atoms with Crippen molar-refractivity contribution in [2.45, 2.75) is 46.3 Å². The van der Waals surface area contributed by atoms with Gasteiger partial charge in [0.25, 0.3) is 0 Å². The lowest BCUT2D eigenvalue weighted by Crippen LogP contribution is -2.20. The van der Waals surface area contributed by atoms with Gasteiger partial charge in [0.05, 0.1) is 5.69 Å². The number of rotatable bonds is 6. The van der Waals surface area contributed by atoms with E-state index >= 15 is 0 Å². The zero-order valence-corrected chi connectivity index (χ0v) is 12.1. The first-order valence-electron chi connectivity index (χ1n) is 7.01. The van der Waals surface area contributed by atoms with E-state index < -0.39 is 0 Å². The van der Waals surface area contributed by atoms with Gasteiger partial charge in [-0.2, -0.15) is 5.10 Å². The Balaban J connectivity index is 1.94. The predicted octanol–water partition coefficient (Wildman–Crippen LogP) is 3.45. The number of hydrogen-bond acceptors (Lipinski definition) is 2. The van der Waals surface area contributed by atoms with Gasteiger partial charge < -0.3 is 5.32 Å². The van der Waals surface area contributed by atoms with Crippen molar-refractivity contribution in [2.75, 3.05) is 0 Å². The quantitative estimate of drug-likeness (QED) is 0.859. The molecule has 0 bridgehead atoms. The molecule has 3 heteroatoms. The Hall–Kier alpha value is -1.61. The van der Waals surface area contributed by atoms with E-state index in [1.54, 1.807) is 0 Å². The van der Waals surface area contributed by atoms with Crippen LogP contribution < -0.4 is 5.32 Å². The van der Waals surface area contributed by atoms with Crippen molar-refractivity contribution in [3.05, 3.63) is 53.3 Å². The Morgan fingerprint density at radius 3 is 2.63 bits per heavy atom. The molecule has 0 aliphatic carbocycles. The first kappa shape index (κ1) is 13.8. The Kier molecular flexibility index (Phi) is 4.74. The number of nitrogens with one attached hydrogen (secondary N) is 1. The molecular formula is C16H23N3.